The van der Waals surface area contributed by atoms with E-state index in [0.29, 0.717) is 12.0 Å². The Morgan fingerprint density at radius 2 is 2.33 bits per heavy atom. The Morgan fingerprint density at radius 1 is 1.50 bits per heavy atom. The maximum atomic E-state index is 13.3. The van der Waals surface area contributed by atoms with E-state index in [1.54, 1.807) is 12.1 Å². The van der Waals surface area contributed by atoms with Crippen molar-refractivity contribution in [1.82, 2.24) is 5.32 Å². The molecule has 2 rings (SSSR count). The first kappa shape index (κ1) is 14.0. The number of hydrogen-bond donors (Lipinski definition) is 1. The molecule has 4 heteroatoms. The van der Waals surface area contributed by atoms with Gasteiger partial charge in [-0.2, -0.15) is 0 Å². The molecule has 0 aromatic heterocycles. The fraction of sp³-hybridized carbons (Fsp3) is 0.571. The van der Waals surface area contributed by atoms with E-state index in [-0.39, 0.29) is 5.82 Å². The fourth-order valence-electron chi connectivity index (χ4n) is 2.51. The van der Waals surface area contributed by atoms with Gasteiger partial charge in [-0.15, -0.1) is 0 Å². The van der Waals surface area contributed by atoms with Crippen molar-refractivity contribution >= 4 is 15.9 Å². The first-order chi connectivity index (χ1) is 8.70. The lowest BCUT2D eigenvalue weighted by Gasteiger charge is -2.32. The first-order valence-electron chi connectivity index (χ1n) is 6.45. The van der Waals surface area contributed by atoms with E-state index in [1.165, 1.54) is 6.07 Å². The van der Waals surface area contributed by atoms with Crippen molar-refractivity contribution in [3.8, 4) is 0 Å². The van der Waals surface area contributed by atoms with Gasteiger partial charge in [-0.05, 0) is 43.1 Å². The predicted molar refractivity (Wildman–Crippen MR) is 74.2 cm³/mol. The van der Waals surface area contributed by atoms with Crippen molar-refractivity contribution < 1.29 is 9.13 Å². The molecule has 0 saturated carbocycles. The molecular weight excluding hydrogens is 297 g/mol. The van der Waals surface area contributed by atoms with Gasteiger partial charge in [0.2, 0.25) is 0 Å². The third kappa shape index (κ3) is 3.53. The van der Waals surface area contributed by atoms with Crippen molar-refractivity contribution in [3.63, 3.8) is 0 Å². The molecule has 1 saturated heterocycles. The number of ether oxygens (including phenoxy) is 1. The molecule has 0 bridgehead atoms. The Hall–Kier alpha value is -0.450. The van der Waals surface area contributed by atoms with Crippen molar-refractivity contribution in [2.24, 2.45) is 5.92 Å². The Kier molecular flexibility index (Phi) is 5.15. The maximum Gasteiger partial charge on any atom is 0.123 e. The zero-order valence-corrected chi connectivity index (χ0v) is 12.2. The van der Waals surface area contributed by atoms with E-state index in [0.717, 1.165) is 42.6 Å². The molecule has 2 unspecified atom stereocenters. The minimum absolute atomic E-state index is 0.176. The van der Waals surface area contributed by atoms with Gasteiger partial charge < -0.3 is 10.1 Å². The van der Waals surface area contributed by atoms with Crippen molar-refractivity contribution in [3.05, 3.63) is 34.1 Å². The zero-order valence-electron chi connectivity index (χ0n) is 10.6. The summed E-state index contributed by atoms with van der Waals surface area (Å²) < 4.78 is 19.8. The monoisotopic (exact) mass is 315 g/mol. The lowest BCUT2D eigenvalue weighted by molar-refractivity contribution is 0.0326. The number of benzene rings is 1. The number of nitrogens with one attached hydrogen (secondary N) is 1. The number of hydrogen-bond acceptors (Lipinski definition) is 2. The summed E-state index contributed by atoms with van der Waals surface area (Å²) in [4.78, 5) is 0. The molecule has 2 atom stereocenters. The van der Waals surface area contributed by atoms with Crippen LogP contribution >= 0.6 is 15.9 Å². The van der Waals surface area contributed by atoms with Crippen LogP contribution in [0.25, 0.3) is 0 Å². The zero-order chi connectivity index (χ0) is 13.0. The minimum Gasteiger partial charge on any atom is -0.381 e. The highest BCUT2D eigenvalue weighted by Gasteiger charge is 2.25. The summed E-state index contributed by atoms with van der Waals surface area (Å²) in [6.45, 7) is 4.65. The summed E-state index contributed by atoms with van der Waals surface area (Å²) in [5, 5.41) is 3.50. The van der Waals surface area contributed by atoms with Crippen LogP contribution in [0.2, 0.25) is 0 Å². The third-order valence-corrected chi connectivity index (χ3v) is 4.20. The van der Waals surface area contributed by atoms with Crippen molar-refractivity contribution in [2.45, 2.75) is 25.8 Å². The third-order valence-electron chi connectivity index (χ3n) is 3.43. The molecule has 1 N–H and O–H groups in total. The molecule has 0 aliphatic carbocycles. The van der Waals surface area contributed by atoms with Crippen LogP contribution in [0.1, 0.15) is 18.9 Å². The van der Waals surface area contributed by atoms with Gasteiger partial charge in [-0.1, -0.05) is 22.9 Å². The topological polar surface area (TPSA) is 21.3 Å². The maximum absolute atomic E-state index is 13.3. The summed E-state index contributed by atoms with van der Waals surface area (Å²) in [7, 11) is 0. The number of halogens is 2. The Morgan fingerprint density at radius 3 is 3.11 bits per heavy atom. The van der Waals surface area contributed by atoms with Gasteiger partial charge in [0.25, 0.3) is 0 Å². The van der Waals surface area contributed by atoms with Gasteiger partial charge in [-0.3, -0.25) is 0 Å². The number of rotatable bonds is 4. The van der Waals surface area contributed by atoms with Crippen LogP contribution in [0.3, 0.4) is 0 Å². The average Bonchev–Trinajstić information content (AvgIpc) is 2.36. The molecule has 2 nitrogen and oxygen atoms in total. The van der Waals surface area contributed by atoms with Gasteiger partial charge >= 0.3 is 0 Å². The summed E-state index contributed by atoms with van der Waals surface area (Å²) in [6.07, 6.45) is 1.88. The van der Waals surface area contributed by atoms with Crippen LogP contribution in [-0.2, 0) is 11.2 Å². The molecule has 1 heterocycles. The van der Waals surface area contributed by atoms with E-state index in [2.05, 4.69) is 28.2 Å². The highest BCUT2D eigenvalue weighted by Crippen LogP contribution is 2.25. The molecular formula is C14H19BrFNO. The molecule has 1 aliphatic rings. The minimum atomic E-state index is -0.176. The molecule has 0 spiro atoms. The second-order valence-corrected chi connectivity index (χ2v) is 5.58. The smallest absolute Gasteiger partial charge is 0.123 e. The predicted octanol–water partition coefficient (Wildman–Crippen LogP) is 3.15. The van der Waals surface area contributed by atoms with Gasteiger partial charge in [0.15, 0.2) is 0 Å². The summed E-state index contributed by atoms with van der Waals surface area (Å²) in [6, 6.07) is 5.34. The highest BCUT2D eigenvalue weighted by atomic mass is 79.9. The first-order valence-corrected chi connectivity index (χ1v) is 7.25. The summed E-state index contributed by atoms with van der Waals surface area (Å²) in [5.74, 6) is 0.238. The molecule has 0 amide bonds. The van der Waals surface area contributed by atoms with Gasteiger partial charge in [-0.25, -0.2) is 4.39 Å². The molecule has 1 fully saturated rings. The van der Waals surface area contributed by atoms with E-state index >= 15 is 0 Å². The van der Waals surface area contributed by atoms with Gasteiger partial charge in [0.1, 0.15) is 5.82 Å². The molecule has 18 heavy (non-hydrogen) atoms. The van der Waals surface area contributed by atoms with Crippen molar-refractivity contribution in [1.29, 1.82) is 0 Å². The Balaban J connectivity index is 2.08. The largest absolute Gasteiger partial charge is 0.381 e. The second kappa shape index (κ2) is 6.64. The average molecular weight is 316 g/mol. The summed E-state index contributed by atoms with van der Waals surface area (Å²) >= 11 is 3.49. The van der Waals surface area contributed by atoms with E-state index in [4.69, 9.17) is 4.74 Å². The van der Waals surface area contributed by atoms with Crippen LogP contribution < -0.4 is 5.32 Å². The summed E-state index contributed by atoms with van der Waals surface area (Å²) in [5.41, 5.74) is 1.02. The van der Waals surface area contributed by atoms with Crippen molar-refractivity contribution in [2.75, 3.05) is 19.8 Å². The SMILES string of the molecule is CCNC1CCOCC1Cc1cc(F)ccc1Br. The quantitative estimate of drug-likeness (QED) is 0.921. The highest BCUT2D eigenvalue weighted by molar-refractivity contribution is 9.10. The van der Waals surface area contributed by atoms with Gasteiger partial charge in [0.05, 0.1) is 6.61 Å². The molecule has 0 radical (unpaired) electrons. The van der Waals surface area contributed by atoms with E-state index < -0.39 is 0 Å². The lowest BCUT2D eigenvalue weighted by atomic mass is 9.89. The molecule has 100 valence electrons. The normalized spacial score (nSPS) is 24.2. The van der Waals surface area contributed by atoms with Crippen LogP contribution in [0.4, 0.5) is 4.39 Å². The standard InChI is InChI=1S/C14H19BrFNO/c1-2-17-14-5-6-18-9-11(14)7-10-8-12(16)3-4-13(10)15/h3-4,8,11,14,17H,2,5-7,9H2,1H3. The van der Waals surface area contributed by atoms with Gasteiger partial charge in [0, 0.05) is 23.0 Å². The fourth-order valence-corrected chi connectivity index (χ4v) is 2.92. The van der Waals surface area contributed by atoms with E-state index in [9.17, 15) is 4.39 Å². The lowest BCUT2D eigenvalue weighted by Crippen LogP contribution is -2.43. The molecule has 1 aromatic carbocycles. The van der Waals surface area contributed by atoms with Crippen LogP contribution in [-0.4, -0.2) is 25.8 Å². The van der Waals surface area contributed by atoms with Crippen LogP contribution in [0.5, 0.6) is 0 Å². The van der Waals surface area contributed by atoms with Crippen LogP contribution in [0, 0.1) is 11.7 Å². The molecule has 1 aromatic rings. The second-order valence-electron chi connectivity index (χ2n) is 4.73. The molecule has 1 aliphatic heterocycles. The van der Waals surface area contributed by atoms with E-state index in [1.807, 2.05) is 0 Å². The van der Waals surface area contributed by atoms with Crippen LogP contribution in [0.15, 0.2) is 22.7 Å². The Bertz CT molecular complexity index is 397. The Labute approximate surface area is 116 Å².